The van der Waals surface area contributed by atoms with Crippen LogP contribution in [0, 0.1) is 12.7 Å². The van der Waals surface area contributed by atoms with Gasteiger partial charge in [0, 0.05) is 18.5 Å². The first-order valence-corrected chi connectivity index (χ1v) is 9.25. The second kappa shape index (κ2) is 7.48. The number of hydrogen-bond donors (Lipinski definition) is 2. The summed E-state index contributed by atoms with van der Waals surface area (Å²) in [4.78, 5) is 3.90. The summed E-state index contributed by atoms with van der Waals surface area (Å²) in [7, 11) is -3.99. The molecule has 0 aliphatic heterocycles. The molecule has 0 fully saturated rings. The van der Waals surface area contributed by atoms with Gasteiger partial charge >= 0.3 is 6.55 Å². The Morgan fingerprint density at radius 3 is 2.59 bits per heavy atom. The molecule has 1 aromatic carbocycles. The molecule has 0 unspecified atom stereocenters. The van der Waals surface area contributed by atoms with Gasteiger partial charge in [-0.25, -0.2) is 27.2 Å². The Bertz CT molecular complexity index is 1030. The van der Waals surface area contributed by atoms with Crippen LogP contribution in [0.15, 0.2) is 35.4 Å². The molecule has 3 rings (SSSR count). The zero-order chi connectivity index (χ0) is 19.6. The number of nitrogens with zero attached hydrogens (tertiary/aromatic N) is 4. The second-order valence-corrected chi connectivity index (χ2v) is 7.31. The van der Waals surface area contributed by atoms with Gasteiger partial charge in [-0.1, -0.05) is 0 Å². The number of benzene rings is 1. The summed E-state index contributed by atoms with van der Waals surface area (Å²) in [6.45, 7) is -1.70. The van der Waals surface area contributed by atoms with Crippen molar-refractivity contribution in [3.63, 3.8) is 0 Å². The number of H-pyrrole nitrogens is 1. The Hall–Kier alpha value is -2.73. The first-order valence-electron chi connectivity index (χ1n) is 7.77. The predicted octanol–water partition coefficient (Wildman–Crippen LogP) is 2.03. The van der Waals surface area contributed by atoms with Gasteiger partial charge in [-0.05, 0) is 31.2 Å². The fourth-order valence-corrected chi connectivity index (χ4v) is 3.58. The van der Waals surface area contributed by atoms with E-state index in [0.29, 0.717) is 21.9 Å². The first-order chi connectivity index (χ1) is 12.8. The van der Waals surface area contributed by atoms with Crippen LogP contribution in [-0.2, 0) is 16.4 Å². The third-order valence-corrected chi connectivity index (χ3v) is 5.33. The summed E-state index contributed by atoms with van der Waals surface area (Å²) in [5, 5.41) is 10.0. The quantitative estimate of drug-likeness (QED) is 0.631. The average Bonchev–Trinajstić information content (AvgIpc) is 3.22. The Balaban J connectivity index is 1.63. The van der Waals surface area contributed by atoms with E-state index in [-0.39, 0.29) is 29.4 Å². The third-order valence-electron chi connectivity index (χ3n) is 3.76. The normalized spacial score (nSPS) is 12.0. The van der Waals surface area contributed by atoms with Gasteiger partial charge in [-0.3, -0.25) is 5.10 Å². The number of halogens is 3. The van der Waals surface area contributed by atoms with Crippen molar-refractivity contribution in [3.05, 3.63) is 47.8 Å². The van der Waals surface area contributed by atoms with Gasteiger partial charge in [-0.15, -0.1) is 0 Å². The molecule has 27 heavy (non-hydrogen) atoms. The van der Waals surface area contributed by atoms with Gasteiger partial charge in [0.15, 0.2) is 5.82 Å². The molecular weight excluding hydrogens is 385 g/mol. The number of aromatic amines is 1. The number of rotatable bonds is 7. The molecule has 0 atom stereocenters. The zero-order valence-corrected chi connectivity index (χ0v) is 14.8. The largest absolute Gasteiger partial charge is 0.333 e. The lowest BCUT2D eigenvalue weighted by molar-refractivity contribution is 0.0541. The number of aromatic nitrogens is 5. The van der Waals surface area contributed by atoms with Crippen molar-refractivity contribution >= 4 is 10.0 Å². The smallest absolute Gasteiger partial charge is 0.263 e. The molecule has 8 nitrogen and oxygen atoms in total. The molecule has 0 bridgehead atoms. The molecule has 2 N–H and O–H groups in total. The summed E-state index contributed by atoms with van der Waals surface area (Å²) in [6, 6.07) is 5.60. The molecular formula is C15H15F3N6O2S. The van der Waals surface area contributed by atoms with Gasteiger partial charge < -0.3 is 0 Å². The minimum absolute atomic E-state index is 0.0281. The Kier molecular flexibility index (Phi) is 5.28. The summed E-state index contributed by atoms with van der Waals surface area (Å²) >= 11 is 0. The minimum atomic E-state index is -3.99. The number of alkyl halides is 2. The highest BCUT2D eigenvalue weighted by Crippen LogP contribution is 2.19. The molecule has 144 valence electrons. The standard InChI is InChI=1S/C15H15F3N6O2S/c1-9-12(8-19-24(9)15(17)18)27(25,26)20-7-6-13-21-14(23-22-13)10-2-4-11(16)5-3-10/h2-5,8,15,20H,6-7H2,1H3,(H,21,22,23). The zero-order valence-electron chi connectivity index (χ0n) is 14.0. The molecule has 0 radical (unpaired) electrons. The van der Waals surface area contributed by atoms with Crippen LogP contribution >= 0.6 is 0 Å². The summed E-state index contributed by atoms with van der Waals surface area (Å²) in [5.41, 5.74) is 0.449. The van der Waals surface area contributed by atoms with E-state index in [1.807, 2.05) is 0 Å². The van der Waals surface area contributed by atoms with E-state index in [0.717, 1.165) is 6.20 Å². The van der Waals surface area contributed by atoms with E-state index < -0.39 is 16.6 Å². The number of nitrogens with one attached hydrogen (secondary N) is 2. The van der Waals surface area contributed by atoms with Crippen LogP contribution in [0.2, 0.25) is 0 Å². The summed E-state index contributed by atoms with van der Waals surface area (Å²) in [5.74, 6) is 0.383. The second-order valence-electron chi connectivity index (χ2n) is 5.58. The maximum absolute atomic E-state index is 12.9. The van der Waals surface area contributed by atoms with Gasteiger partial charge in [0.1, 0.15) is 16.5 Å². The highest BCUT2D eigenvalue weighted by molar-refractivity contribution is 7.89. The number of hydrogen-bond acceptors (Lipinski definition) is 5. The van der Waals surface area contributed by atoms with Crippen molar-refractivity contribution < 1.29 is 21.6 Å². The summed E-state index contributed by atoms with van der Waals surface area (Å²) in [6.07, 6.45) is 1.07. The van der Waals surface area contributed by atoms with Crippen molar-refractivity contribution in [2.45, 2.75) is 24.8 Å². The van der Waals surface area contributed by atoms with Crippen molar-refractivity contribution in [1.82, 2.24) is 29.7 Å². The lowest BCUT2D eigenvalue weighted by Gasteiger charge is -2.06. The molecule has 3 aromatic rings. The Labute approximate surface area is 152 Å². The van der Waals surface area contributed by atoms with Gasteiger partial charge in [0.05, 0.1) is 11.9 Å². The van der Waals surface area contributed by atoms with Crippen LogP contribution in [0.1, 0.15) is 18.1 Å². The lowest BCUT2D eigenvalue weighted by Crippen LogP contribution is -2.26. The van der Waals surface area contributed by atoms with E-state index in [2.05, 4.69) is 25.0 Å². The third kappa shape index (κ3) is 4.17. The molecule has 0 amide bonds. The summed E-state index contributed by atoms with van der Waals surface area (Å²) < 4.78 is 65.5. The highest BCUT2D eigenvalue weighted by Gasteiger charge is 2.23. The van der Waals surface area contributed by atoms with Gasteiger partial charge in [0.25, 0.3) is 0 Å². The van der Waals surface area contributed by atoms with E-state index in [1.165, 1.54) is 31.2 Å². The maximum Gasteiger partial charge on any atom is 0.333 e. The van der Waals surface area contributed by atoms with Gasteiger partial charge in [-0.2, -0.15) is 19.0 Å². The number of sulfonamides is 1. The Morgan fingerprint density at radius 1 is 1.26 bits per heavy atom. The van der Waals surface area contributed by atoms with Crippen molar-refractivity contribution in [1.29, 1.82) is 0 Å². The molecule has 2 aromatic heterocycles. The van der Waals surface area contributed by atoms with Crippen LogP contribution in [0.3, 0.4) is 0 Å². The van der Waals surface area contributed by atoms with Crippen LogP contribution < -0.4 is 4.72 Å². The highest BCUT2D eigenvalue weighted by atomic mass is 32.2. The molecule has 0 aliphatic carbocycles. The molecule has 0 saturated carbocycles. The van der Waals surface area contributed by atoms with Crippen molar-refractivity contribution in [2.24, 2.45) is 0 Å². The minimum Gasteiger partial charge on any atom is -0.263 e. The van der Waals surface area contributed by atoms with Gasteiger partial charge in [0.2, 0.25) is 10.0 Å². The van der Waals surface area contributed by atoms with E-state index in [4.69, 9.17) is 0 Å². The van der Waals surface area contributed by atoms with Crippen molar-refractivity contribution in [2.75, 3.05) is 6.54 Å². The van der Waals surface area contributed by atoms with Crippen LogP contribution in [0.25, 0.3) is 11.4 Å². The van der Waals surface area contributed by atoms with Crippen molar-refractivity contribution in [3.8, 4) is 11.4 Å². The van der Waals surface area contributed by atoms with Crippen LogP contribution in [0.5, 0.6) is 0 Å². The van der Waals surface area contributed by atoms with E-state index >= 15 is 0 Å². The Morgan fingerprint density at radius 2 is 1.96 bits per heavy atom. The average molecular weight is 400 g/mol. The van der Waals surface area contributed by atoms with Crippen LogP contribution in [-0.4, -0.2) is 39.9 Å². The maximum atomic E-state index is 12.9. The predicted molar refractivity (Wildman–Crippen MR) is 88.9 cm³/mol. The molecule has 2 heterocycles. The fraction of sp³-hybridized carbons (Fsp3) is 0.267. The van der Waals surface area contributed by atoms with Crippen LogP contribution in [0.4, 0.5) is 13.2 Å². The SMILES string of the molecule is Cc1c(S(=O)(=O)NCCc2nc(-c3ccc(F)cc3)n[nH]2)cnn1C(F)F. The molecule has 0 saturated heterocycles. The lowest BCUT2D eigenvalue weighted by atomic mass is 10.2. The fourth-order valence-electron chi connectivity index (χ4n) is 2.38. The monoisotopic (exact) mass is 400 g/mol. The first kappa shape index (κ1) is 19.0. The molecule has 0 aliphatic rings. The topological polar surface area (TPSA) is 106 Å². The van der Waals surface area contributed by atoms with E-state index in [1.54, 1.807) is 0 Å². The molecule has 0 spiro atoms. The molecule has 12 heteroatoms. The van der Waals surface area contributed by atoms with E-state index in [9.17, 15) is 21.6 Å².